The van der Waals surface area contributed by atoms with E-state index in [1.165, 1.54) is 23.1 Å². The fraction of sp³-hybridized carbons (Fsp3) is 0.760. The van der Waals surface area contributed by atoms with E-state index in [2.05, 4.69) is 95.9 Å². The van der Waals surface area contributed by atoms with Crippen LogP contribution in [0.3, 0.4) is 0 Å². The summed E-state index contributed by atoms with van der Waals surface area (Å²) in [5, 5.41) is 0. The first kappa shape index (κ1) is 24.2. The molecule has 146 valence electrons. The van der Waals surface area contributed by atoms with Gasteiger partial charge in [0.15, 0.2) is 0 Å². The second-order valence-electron chi connectivity index (χ2n) is 11.3. The van der Waals surface area contributed by atoms with Crippen LogP contribution in [0.5, 0.6) is 0 Å². The number of rotatable bonds is 9. The highest BCUT2D eigenvalue weighted by atomic mass is 14.5. The largest absolute Gasteiger partial charge is 0.100 e. The predicted molar refractivity (Wildman–Crippen MR) is 117 cm³/mol. The maximum atomic E-state index is 4.54. The number of hydrogen-bond donors (Lipinski definition) is 0. The fourth-order valence-electron chi connectivity index (χ4n) is 3.46. The van der Waals surface area contributed by atoms with E-state index in [1.807, 2.05) is 0 Å². The van der Waals surface area contributed by atoms with Crippen molar-refractivity contribution in [3.63, 3.8) is 0 Å². The summed E-state index contributed by atoms with van der Waals surface area (Å²) in [6.07, 6.45) is 3.20. The molecule has 0 fully saturated rings. The van der Waals surface area contributed by atoms with Gasteiger partial charge in [-0.25, -0.2) is 0 Å². The second kappa shape index (κ2) is 7.85. The van der Waals surface area contributed by atoms with Gasteiger partial charge in [-0.1, -0.05) is 92.2 Å². The molecule has 0 aliphatic carbocycles. The van der Waals surface area contributed by atoms with Crippen LogP contribution in [0.4, 0.5) is 0 Å². The van der Waals surface area contributed by atoms with Crippen molar-refractivity contribution in [3.8, 4) is 0 Å². The van der Waals surface area contributed by atoms with Crippen molar-refractivity contribution in [1.29, 1.82) is 0 Å². The molecule has 25 heavy (non-hydrogen) atoms. The normalized spacial score (nSPS) is 15.0. The summed E-state index contributed by atoms with van der Waals surface area (Å²) in [5.74, 6) is 0.454. The lowest BCUT2D eigenvalue weighted by Crippen LogP contribution is -2.42. The first-order valence-corrected chi connectivity index (χ1v) is 9.83. The number of hydrogen-bond acceptors (Lipinski definition) is 0. The van der Waals surface area contributed by atoms with Gasteiger partial charge in [0.1, 0.15) is 0 Å². The first-order chi connectivity index (χ1) is 10.8. The molecule has 0 heteroatoms. The monoisotopic (exact) mass is 346 g/mol. The maximum absolute atomic E-state index is 4.54. The van der Waals surface area contributed by atoms with Gasteiger partial charge in [0.25, 0.3) is 0 Å². The van der Waals surface area contributed by atoms with Gasteiger partial charge in [-0.05, 0) is 60.7 Å². The van der Waals surface area contributed by atoms with Crippen molar-refractivity contribution in [2.75, 3.05) is 0 Å². The highest BCUT2D eigenvalue weighted by Crippen LogP contribution is 2.55. The SMILES string of the molecule is C=C(C)CC(CC(=C)C(C)(C)C(C)(C)CC(C)(C)C(C)(C)C)C(=C)C. The van der Waals surface area contributed by atoms with Crippen molar-refractivity contribution in [3.05, 3.63) is 36.5 Å². The average molecular weight is 347 g/mol. The maximum Gasteiger partial charge on any atom is -0.00958 e. The summed E-state index contributed by atoms with van der Waals surface area (Å²) in [5.41, 5.74) is 4.60. The van der Waals surface area contributed by atoms with Gasteiger partial charge in [0.05, 0.1) is 0 Å². The Morgan fingerprint density at radius 1 is 0.720 bits per heavy atom. The van der Waals surface area contributed by atoms with Crippen LogP contribution in [0.1, 0.15) is 95.4 Å². The average Bonchev–Trinajstić information content (AvgIpc) is 2.33. The van der Waals surface area contributed by atoms with Crippen molar-refractivity contribution >= 4 is 0 Å². The molecular weight excluding hydrogens is 300 g/mol. The zero-order chi connectivity index (χ0) is 20.4. The highest BCUT2D eigenvalue weighted by Gasteiger charge is 2.45. The summed E-state index contributed by atoms with van der Waals surface area (Å²) in [6.45, 7) is 38.6. The Kier molecular flexibility index (Phi) is 7.60. The minimum atomic E-state index is 0.0678. The Hall–Kier alpha value is -0.780. The third-order valence-corrected chi connectivity index (χ3v) is 7.27. The molecule has 1 unspecified atom stereocenters. The Labute approximate surface area is 159 Å². The van der Waals surface area contributed by atoms with Crippen LogP contribution in [0.25, 0.3) is 0 Å². The Balaban J connectivity index is 5.47. The lowest BCUT2D eigenvalue weighted by atomic mass is 9.54. The molecule has 0 heterocycles. The second-order valence-corrected chi connectivity index (χ2v) is 11.3. The molecule has 0 aromatic carbocycles. The molecule has 0 radical (unpaired) electrons. The summed E-state index contributed by atoms with van der Waals surface area (Å²) in [6, 6.07) is 0. The van der Waals surface area contributed by atoms with Gasteiger partial charge < -0.3 is 0 Å². The van der Waals surface area contributed by atoms with Crippen LogP contribution in [-0.2, 0) is 0 Å². The van der Waals surface area contributed by atoms with Crippen LogP contribution >= 0.6 is 0 Å². The Morgan fingerprint density at radius 2 is 1.16 bits per heavy atom. The molecule has 0 aliphatic rings. The van der Waals surface area contributed by atoms with Gasteiger partial charge in [-0.15, -0.1) is 6.58 Å². The van der Waals surface area contributed by atoms with Crippen LogP contribution in [-0.4, -0.2) is 0 Å². The fourth-order valence-corrected chi connectivity index (χ4v) is 3.46. The summed E-state index contributed by atoms with van der Waals surface area (Å²) in [7, 11) is 0. The van der Waals surface area contributed by atoms with Crippen molar-refractivity contribution in [2.24, 2.45) is 27.6 Å². The standard InChI is InChI=1S/C25H46/c1-18(2)15-21(19(3)4)16-20(5)25(13,14)24(11,12)17-23(9,10)22(6,7)8/h21H,1,3,5,15-17H2,2,4,6-14H3. The van der Waals surface area contributed by atoms with E-state index < -0.39 is 0 Å². The molecule has 0 saturated carbocycles. The molecule has 0 nitrogen and oxygen atoms in total. The predicted octanol–water partition coefficient (Wildman–Crippen LogP) is 8.61. The molecule has 0 spiro atoms. The van der Waals surface area contributed by atoms with E-state index in [4.69, 9.17) is 0 Å². The Morgan fingerprint density at radius 3 is 1.48 bits per heavy atom. The van der Waals surface area contributed by atoms with Crippen molar-refractivity contribution < 1.29 is 0 Å². The van der Waals surface area contributed by atoms with E-state index in [1.54, 1.807) is 0 Å². The minimum Gasteiger partial charge on any atom is -0.100 e. The van der Waals surface area contributed by atoms with Crippen LogP contribution in [0, 0.1) is 27.6 Å². The van der Waals surface area contributed by atoms with E-state index in [0.29, 0.717) is 5.92 Å². The molecule has 0 saturated heterocycles. The van der Waals surface area contributed by atoms with Crippen LogP contribution in [0.2, 0.25) is 0 Å². The zero-order valence-corrected chi connectivity index (χ0v) is 19.3. The smallest absolute Gasteiger partial charge is 0.00958 e. The molecule has 1 atom stereocenters. The molecule has 0 bridgehead atoms. The lowest BCUT2D eigenvalue weighted by molar-refractivity contribution is 0.0167. The van der Waals surface area contributed by atoms with Gasteiger partial charge in [-0.3, -0.25) is 0 Å². The molecule has 0 amide bonds. The van der Waals surface area contributed by atoms with Crippen LogP contribution in [0.15, 0.2) is 36.5 Å². The summed E-state index contributed by atoms with van der Waals surface area (Å²) in [4.78, 5) is 0. The van der Waals surface area contributed by atoms with Crippen molar-refractivity contribution in [1.82, 2.24) is 0 Å². The van der Waals surface area contributed by atoms with E-state index in [-0.39, 0.29) is 21.7 Å². The van der Waals surface area contributed by atoms with Crippen LogP contribution < -0.4 is 0 Å². The molecule has 0 aliphatic heterocycles. The minimum absolute atomic E-state index is 0.0678. The van der Waals surface area contributed by atoms with Gasteiger partial charge in [0, 0.05) is 0 Å². The quantitative estimate of drug-likeness (QED) is 0.366. The third kappa shape index (κ3) is 6.15. The summed E-state index contributed by atoms with van der Waals surface area (Å²) >= 11 is 0. The Bertz CT molecular complexity index is 503. The summed E-state index contributed by atoms with van der Waals surface area (Å²) < 4.78 is 0. The molecule has 0 rings (SSSR count). The molecular formula is C25H46. The topological polar surface area (TPSA) is 0 Å². The number of allylic oxidation sites excluding steroid dienone is 3. The van der Waals surface area contributed by atoms with E-state index in [9.17, 15) is 0 Å². The first-order valence-electron chi connectivity index (χ1n) is 9.83. The van der Waals surface area contributed by atoms with E-state index >= 15 is 0 Å². The van der Waals surface area contributed by atoms with Gasteiger partial charge in [0.2, 0.25) is 0 Å². The molecule has 0 N–H and O–H groups in total. The van der Waals surface area contributed by atoms with Crippen molar-refractivity contribution in [2.45, 2.75) is 95.4 Å². The molecule has 0 aromatic heterocycles. The van der Waals surface area contributed by atoms with E-state index in [0.717, 1.165) is 12.8 Å². The lowest BCUT2D eigenvalue weighted by Gasteiger charge is -2.51. The van der Waals surface area contributed by atoms with Gasteiger partial charge >= 0.3 is 0 Å². The highest BCUT2D eigenvalue weighted by molar-refractivity contribution is 5.18. The third-order valence-electron chi connectivity index (χ3n) is 7.27. The van der Waals surface area contributed by atoms with Gasteiger partial charge in [-0.2, -0.15) is 0 Å². The zero-order valence-electron chi connectivity index (χ0n) is 19.3. The molecule has 0 aromatic rings.